The summed E-state index contributed by atoms with van der Waals surface area (Å²) < 4.78 is 5.45. The molecule has 0 aromatic heterocycles. The van der Waals surface area contributed by atoms with Gasteiger partial charge >= 0.3 is 0 Å². The Morgan fingerprint density at radius 3 is 2.29 bits per heavy atom. The van der Waals surface area contributed by atoms with Crippen LogP contribution < -0.4 is 10.1 Å². The van der Waals surface area contributed by atoms with E-state index in [-0.39, 0.29) is 0 Å². The summed E-state index contributed by atoms with van der Waals surface area (Å²) in [7, 11) is 0. The van der Waals surface area contributed by atoms with Crippen LogP contribution >= 0.6 is 11.6 Å². The zero-order valence-corrected chi connectivity index (χ0v) is 13.8. The van der Waals surface area contributed by atoms with E-state index in [2.05, 4.69) is 38.2 Å². The molecule has 2 rings (SSSR count). The molecule has 0 bridgehead atoms. The number of ether oxygens (including phenoxy) is 1. The molecule has 0 aliphatic rings. The Morgan fingerprint density at radius 2 is 1.71 bits per heavy atom. The van der Waals surface area contributed by atoms with Crippen molar-refractivity contribution in [2.45, 2.75) is 34.2 Å². The Kier molecular flexibility index (Phi) is 5.13. The molecular formula is C18H22ClNO. The van der Waals surface area contributed by atoms with Gasteiger partial charge in [0.15, 0.2) is 0 Å². The van der Waals surface area contributed by atoms with E-state index in [4.69, 9.17) is 16.3 Å². The first-order valence-corrected chi connectivity index (χ1v) is 7.62. The average Bonchev–Trinajstić information content (AvgIpc) is 2.40. The summed E-state index contributed by atoms with van der Waals surface area (Å²) in [6, 6.07) is 10.2. The van der Waals surface area contributed by atoms with Crippen LogP contribution in [-0.2, 0) is 6.54 Å². The highest BCUT2D eigenvalue weighted by Crippen LogP contribution is 2.28. The molecule has 3 heteroatoms. The average molecular weight is 304 g/mol. The third-order valence-electron chi connectivity index (χ3n) is 3.54. The van der Waals surface area contributed by atoms with Gasteiger partial charge in [-0.1, -0.05) is 29.3 Å². The van der Waals surface area contributed by atoms with Gasteiger partial charge in [0.2, 0.25) is 0 Å². The highest BCUT2D eigenvalue weighted by Gasteiger charge is 2.06. The lowest BCUT2D eigenvalue weighted by molar-refractivity contribution is 0.340. The van der Waals surface area contributed by atoms with Gasteiger partial charge in [-0.3, -0.25) is 0 Å². The second-order valence-corrected chi connectivity index (χ2v) is 5.72. The smallest absolute Gasteiger partial charge is 0.138 e. The van der Waals surface area contributed by atoms with Gasteiger partial charge < -0.3 is 10.1 Å². The van der Waals surface area contributed by atoms with Crippen LogP contribution in [0.2, 0.25) is 5.02 Å². The van der Waals surface area contributed by atoms with E-state index in [0.29, 0.717) is 11.6 Å². The molecule has 0 saturated heterocycles. The van der Waals surface area contributed by atoms with Gasteiger partial charge in [0.05, 0.1) is 11.6 Å². The summed E-state index contributed by atoms with van der Waals surface area (Å²) in [5.74, 6) is 0.729. The highest BCUT2D eigenvalue weighted by atomic mass is 35.5. The summed E-state index contributed by atoms with van der Waals surface area (Å²) in [5.41, 5.74) is 6.28. The molecule has 0 radical (unpaired) electrons. The van der Waals surface area contributed by atoms with E-state index in [1.807, 2.05) is 25.1 Å². The third-order valence-corrected chi connectivity index (χ3v) is 3.84. The molecule has 0 saturated carbocycles. The minimum absolute atomic E-state index is 0.619. The molecule has 0 spiro atoms. The Labute approximate surface area is 132 Å². The Bertz CT molecular complexity index is 614. The van der Waals surface area contributed by atoms with Gasteiger partial charge in [-0.15, -0.1) is 0 Å². The Morgan fingerprint density at radius 1 is 1.05 bits per heavy atom. The van der Waals surface area contributed by atoms with Crippen LogP contribution in [0.3, 0.4) is 0 Å². The van der Waals surface area contributed by atoms with Crippen molar-refractivity contribution in [3.63, 3.8) is 0 Å². The fourth-order valence-electron chi connectivity index (χ4n) is 2.56. The summed E-state index contributed by atoms with van der Waals surface area (Å²) in [5, 5.41) is 4.07. The largest absolute Gasteiger partial charge is 0.492 e. The van der Waals surface area contributed by atoms with E-state index in [1.165, 1.54) is 22.3 Å². The molecule has 21 heavy (non-hydrogen) atoms. The molecule has 1 N–H and O–H groups in total. The van der Waals surface area contributed by atoms with E-state index >= 15 is 0 Å². The Hall–Kier alpha value is -1.67. The van der Waals surface area contributed by atoms with Crippen molar-refractivity contribution in [1.29, 1.82) is 0 Å². The summed E-state index contributed by atoms with van der Waals surface area (Å²) >= 11 is 6.21. The standard InChI is InChI=1S/C18H22ClNO/c1-5-21-18-7-6-15(10-17(18)19)20-11-16-13(3)8-12(2)9-14(16)4/h6-10,20H,5,11H2,1-4H3. The zero-order chi connectivity index (χ0) is 15.4. The van der Waals surface area contributed by atoms with Gasteiger partial charge in [-0.25, -0.2) is 0 Å². The van der Waals surface area contributed by atoms with Crippen LogP contribution in [0.25, 0.3) is 0 Å². The predicted octanol–water partition coefficient (Wildman–Crippen LogP) is 5.28. The molecule has 0 aliphatic heterocycles. The number of hydrogen-bond donors (Lipinski definition) is 1. The van der Waals surface area contributed by atoms with Crippen molar-refractivity contribution in [3.05, 3.63) is 57.6 Å². The maximum absolute atomic E-state index is 6.21. The molecule has 112 valence electrons. The number of hydrogen-bond acceptors (Lipinski definition) is 2. The summed E-state index contributed by atoms with van der Waals surface area (Å²) in [6.07, 6.45) is 0. The first-order chi connectivity index (χ1) is 10.0. The SMILES string of the molecule is CCOc1ccc(NCc2c(C)cc(C)cc2C)cc1Cl. The summed E-state index contributed by atoms with van der Waals surface area (Å²) in [4.78, 5) is 0. The van der Waals surface area contributed by atoms with Crippen molar-refractivity contribution in [2.75, 3.05) is 11.9 Å². The van der Waals surface area contributed by atoms with E-state index < -0.39 is 0 Å². The number of aryl methyl sites for hydroxylation is 3. The van der Waals surface area contributed by atoms with E-state index in [9.17, 15) is 0 Å². The van der Waals surface area contributed by atoms with Gasteiger partial charge in [-0.2, -0.15) is 0 Å². The Balaban J connectivity index is 2.12. The monoisotopic (exact) mass is 303 g/mol. The first kappa shape index (κ1) is 15.7. The molecule has 0 fully saturated rings. The minimum Gasteiger partial charge on any atom is -0.492 e. The quantitative estimate of drug-likeness (QED) is 0.812. The zero-order valence-electron chi connectivity index (χ0n) is 13.1. The van der Waals surface area contributed by atoms with Gasteiger partial charge in [0.1, 0.15) is 5.75 Å². The van der Waals surface area contributed by atoms with Crippen molar-refractivity contribution in [1.82, 2.24) is 0 Å². The number of nitrogens with one attached hydrogen (secondary N) is 1. The maximum Gasteiger partial charge on any atom is 0.138 e. The van der Waals surface area contributed by atoms with Gasteiger partial charge in [0, 0.05) is 12.2 Å². The van der Waals surface area contributed by atoms with Crippen molar-refractivity contribution in [3.8, 4) is 5.75 Å². The topological polar surface area (TPSA) is 21.3 Å². The third kappa shape index (κ3) is 3.92. The molecule has 2 nitrogen and oxygen atoms in total. The van der Waals surface area contributed by atoms with Crippen molar-refractivity contribution < 1.29 is 4.74 Å². The van der Waals surface area contributed by atoms with Crippen LogP contribution in [0.1, 0.15) is 29.2 Å². The molecular weight excluding hydrogens is 282 g/mol. The highest BCUT2D eigenvalue weighted by molar-refractivity contribution is 6.32. The van der Waals surface area contributed by atoms with Crippen LogP contribution in [0.5, 0.6) is 5.75 Å². The molecule has 2 aromatic rings. The summed E-state index contributed by atoms with van der Waals surface area (Å²) in [6.45, 7) is 9.80. The van der Waals surface area contributed by atoms with Gasteiger partial charge in [-0.05, 0) is 62.6 Å². The lowest BCUT2D eigenvalue weighted by Gasteiger charge is -2.14. The van der Waals surface area contributed by atoms with Crippen molar-refractivity contribution in [2.24, 2.45) is 0 Å². The van der Waals surface area contributed by atoms with E-state index in [1.54, 1.807) is 0 Å². The molecule has 0 atom stereocenters. The normalized spacial score (nSPS) is 10.5. The number of rotatable bonds is 5. The van der Waals surface area contributed by atoms with Gasteiger partial charge in [0.25, 0.3) is 0 Å². The number of halogens is 1. The second-order valence-electron chi connectivity index (χ2n) is 5.31. The van der Waals surface area contributed by atoms with Crippen LogP contribution in [0, 0.1) is 20.8 Å². The molecule has 2 aromatic carbocycles. The predicted molar refractivity (Wildman–Crippen MR) is 90.6 cm³/mol. The lowest BCUT2D eigenvalue weighted by Crippen LogP contribution is -2.04. The maximum atomic E-state index is 6.21. The van der Waals surface area contributed by atoms with Crippen LogP contribution in [-0.4, -0.2) is 6.61 Å². The van der Waals surface area contributed by atoms with Crippen molar-refractivity contribution >= 4 is 17.3 Å². The number of benzene rings is 2. The molecule has 0 aliphatic carbocycles. The van der Waals surface area contributed by atoms with E-state index in [0.717, 1.165) is 18.0 Å². The van der Waals surface area contributed by atoms with Crippen LogP contribution in [0.15, 0.2) is 30.3 Å². The van der Waals surface area contributed by atoms with Crippen LogP contribution in [0.4, 0.5) is 5.69 Å². The minimum atomic E-state index is 0.619. The number of anilines is 1. The second kappa shape index (κ2) is 6.86. The molecule has 0 heterocycles. The molecule has 0 amide bonds. The fourth-order valence-corrected chi connectivity index (χ4v) is 2.80. The molecule has 0 unspecified atom stereocenters. The fraction of sp³-hybridized carbons (Fsp3) is 0.333. The lowest BCUT2D eigenvalue weighted by atomic mass is 10.00. The first-order valence-electron chi connectivity index (χ1n) is 7.24.